The van der Waals surface area contributed by atoms with E-state index in [1.54, 1.807) is 0 Å². The van der Waals surface area contributed by atoms with Crippen LogP contribution in [0.15, 0.2) is 0 Å². The minimum absolute atomic E-state index is 0.00598. The normalized spacial score (nSPS) is 26.7. The van der Waals surface area contributed by atoms with Crippen LogP contribution in [0.2, 0.25) is 0 Å². The van der Waals surface area contributed by atoms with E-state index in [4.69, 9.17) is 0 Å². The fraction of sp³-hybridized carbons (Fsp3) is 0.857. The van der Waals surface area contributed by atoms with Crippen LogP contribution >= 0.6 is 0 Å². The van der Waals surface area contributed by atoms with Crippen LogP contribution in [-0.4, -0.2) is 60.4 Å². The van der Waals surface area contributed by atoms with Crippen molar-refractivity contribution in [1.29, 1.82) is 0 Å². The van der Waals surface area contributed by atoms with E-state index in [1.807, 2.05) is 14.1 Å². The van der Waals surface area contributed by atoms with Gasteiger partial charge in [-0.05, 0) is 33.9 Å². The molecule has 0 spiro atoms. The number of likely N-dealkylation sites (tertiary alicyclic amines) is 1. The van der Waals surface area contributed by atoms with E-state index in [1.165, 1.54) is 4.90 Å². The van der Waals surface area contributed by atoms with E-state index in [-0.39, 0.29) is 29.9 Å². The largest absolute Gasteiger partial charge is 0.308 e. The van der Waals surface area contributed by atoms with Gasteiger partial charge in [0.15, 0.2) is 0 Å². The van der Waals surface area contributed by atoms with Crippen LogP contribution < -0.4 is 5.32 Å². The lowest BCUT2D eigenvalue weighted by atomic mass is 10.2. The first kappa shape index (κ1) is 14.5. The van der Waals surface area contributed by atoms with Crippen molar-refractivity contribution in [2.45, 2.75) is 57.2 Å². The highest BCUT2D eigenvalue weighted by molar-refractivity contribution is 6.05. The molecule has 19 heavy (non-hydrogen) atoms. The fourth-order valence-corrected chi connectivity index (χ4v) is 3.27. The number of hydrogen-bond donors (Lipinski definition) is 1. The van der Waals surface area contributed by atoms with Crippen LogP contribution in [0.5, 0.6) is 0 Å². The topological polar surface area (TPSA) is 52.7 Å². The average Bonchev–Trinajstić information content (AvgIpc) is 2.87. The molecule has 108 valence electrons. The third-order valence-electron chi connectivity index (χ3n) is 4.00. The zero-order valence-corrected chi connectivity index (χ0v) is 12.2. The Hall–Kier alpha value is -0.940. The highest BCUT2D eigenvalue weighted by atomic mass is 16.2. The Kier molecular flexibility index (Phi) is 4.58. The molecule has 0 aromatic heterocycles. The molecule has 0 radical (unpaired) electrons. The van der Waals surface area contributed by atoms with Gasteiger partial charge in [-0.25, -0.2) is 0 Å². The molecule has 2 unspecified atom stereocenters. The molecule has 5 nitrogen and oxygen atoms in total. The Balaban J connectivity index is 1.93. The van der Waals surface area contributed by atoms with Crippen molar-refractivity contribution in [3.05, 3.63) is 0 Å². The Labute approximate surface area is 115 Å². The summed E-state index contributed by atoms with van der Waals surface area (Å²) in [6.45, 7) is 2.91. The third kappa shape index (κ3) is 3.34. The van der Waals surface area contributed by atoms with Crippen LogP contribution in [0.3, 0.4) is 0 Å². The standard InChI is InChI=1S/C14H25N3O2/c1-10(9-16(2)3)15-12-8-13(18)17(14(12)19)11-6-4-5-7-11/h10-12,15H,4-9H2,1-3H3. The molecule has 1 aliphatic carbocycles. The van der Waals surface area contributed by atoms with E-state index >= 15 is 0 Å². The number of carbonyl (C=O) groups excluding carboxylic acids is 2. The molecule has 1 aliphatic heterocycles. The van der Waals surface area contributed by atoms with Gasteiger partial charge in [-0.15, -0.1) is 0 Å². The van der Waals surface area contributed by atoms with E-state index in [2.05, 4.69) is 17.1 Å². The van der Waals surface area contributed by atoms with Gasteiger partial charge in [0.2, 0.25) is 11.8 Å². The minimum atomic E-state index is -0.317. The predicted molar refractivity (Wildman–Crippen MR) is 73.7 cm³/mol. The number of carbonyl (C=O) groups is 2. The van der Waals surface area contributed by atoms with E-state index in [9.17, 15) is 9.59 Å². The Morgan fingerprint density at radius 3 is 2.53 bits per heavy atom. The van der Waals surface area contributed by atoms with Crippen LogP contribution in [0.1, 0.15) is 39.0 Å². The molecular formula is C14H25N3O2. The molecular weight excluding hydrogens is 242 g/mol. The van der Waals surface area contributed by atoms with E-state index in [0.717, 1.165) is 32.2 Å². The number of hydrogen-bond acceptors (Lipinski definition) is 4. The second kappa shape index (κ2) is 6.01. The summed E-state index contributed by atoms with van der Waals surface area (Å²) in [7, 11) is 4.01. The molecule has 2 rings (SSSR count). The second-order valence-corrected chi connectivity index (χ2v) is 6.13. The van der Waals surface area contributed by atoms with Crippen molar-refractivity contribution < 1.29 is 9.59 Å². The molecule has 1 saturated heterocycles. The Morgan fingerprint density at radius 2 is 1.95 bits per heavy atom. The molecule has 0 bridgehead atoms. The van der Waals surface area contributed by atoms with Crippen molar-refractivity contribution in [3.63, 3.8) is 0 Å². The highest BCUT2D eigenvalue weighted by Gasteiger charge is 2.43. The maximum Gasteiger partial charge on any atom is 0.247 e. The molecule has 5 heteroatoms. The summed E-state index contributed by atoms with van der Waals surface area (Å²) < 4.78 is 0. The lowest BCUT2D eigenvalue weighted by molar-refractivity contribution is -0.141. The molecule has 1 heterocycles. The molecule has 0 aromatic carbocycles. The van der Waals surface area contributed by atoms with Gasteiger partial charge in [-0.1, -0.05) is 12.8 Å². The van der Waals surface area contributed by atoms with Crippen LogP contribution in [-0.2, 0) is 9.59 Å². The lowest BCUT2D eigenvalue weighted by Gasteiger charge is -2.24. The van der Waals surface area contributed by atoms with Crippen molar-refractivity contribution in [1.82, 2.24) is 15.1 Å². The molecule has 1 saturated carbocycles. The van der Waals surface area contributed by atoms with Crippen molar-refractivity contribution in [2.24, 2.45) is 0 Å². The van der Waals surface area contributed by atoms with Gasteiger partial charge in [-0.3, -0.25) is 14.5 Å². The second-order valence-electron chi connectivity index (χ2n) is 6.13. The van der Waals surface area contributed by atoms with Crippen molar-refractivity contribution in [2.75, 3.05) is 20.6 Å². The number of imide groups is 1. The summed E-state index contributed by atoms with van der Waals surface area (Å²) in [4.78, 5) is 28.0. The van der Waals surface area contributed by atoms with Crippen LogP contribution in [0.25, 0.3) is 0 Å². The van der Waals surface area contributed by atoms with Crippen LogP contribution in [0.4, 0.5) is 0 Å². The fourth-order valence-electron chi connectivity index (χ4n) is 3.27. The molecule has 2 amide bonds. The smallest absolute Gasteiger partial charge is 0.247 e. The zero-order chi connectivity index (χ0) is 14.0. The summed E-state index contributed by atoms with van der Waals surface area (Å²) in [6.07, 6.45) is 4.57. The molecule has 1 N–H and O–H groups in total. The van der Waals surface area contributed by atoms with Gasteiger partial charge in [-0.2, -0.15) is 0 Å². The first-order valence-corrected chi connectivity index (χ1v) is 7.25. The van der Waals surface area contributed by atoms with Gasteiger partial charge < -0.3 is 10.2 Å². The number of amides is 2. The Morgan fingerprint density at radius 1 is 1.32 bits per heavy atom. The SMILES string of the molecule is CC(CN(C)C)NC1CC(=O)N(C2CCCC2)C1=O. The monoisotopic (exact) mass is 267 g/mol. The number of nitrogens with zero attached hydrogens (tertiary/aromatic N) is 2. The minimum Gasteiger partial charge on any atom is -0.308 e. The number of rotatable bonds is 5. The number of nitrogens with one attached hydrogen (secondary N) is 1. The third-order valence-corrected chi connectivity index (χ3v) is 4.00. The zero-order valence-electron chi connectivity index (χ0n) is 12.2. The quantitative estimate of drug-likeness (QED) is 0.741. The lowest BCUT2D eigenvalue weighted by Crippen LogP contribution is -2.47. The van der Waals surface area contributed by atoms with E-state index in [0.29, 0.717) is 6.42 Å². The summed E-state index contributed by atoms with van der Waals surface area (Å²) in [5.41, 5.74) is 0. The van der Waals surface area contributed by atoms with Crippen molar-refractivity contribution >= 4 is 11.8 Å². The van der Waals surface area contributed by atoms with Gasteiger partial charge in [0, 0.05) is 18.6 Å². The van der Waals surface area contributed by atoms with E-state index < -0.39 is 0 Å². The average molecular weight is 267 g/mol. The summed E-state index contributed by atoms with van der Waals surface area (Å²) in [5, 5.41) is 3.29. The molecule has 0 aromatic rings. The van der Waals surface area contributed by atoms with Crippen LogP contribution in [0, 0.1) is 0 Å². The van der Waals surface area contributed by atoms with Crippen molar-refractivity contribution in [3.8, 4) is 0 Å². The van der Waals surface area contributed by atoms with Gasteiger partial charge in [0.25, 0.3) is 0 Å². The molecule has 2 aliphatic rings. The highest BCUT2D eigenvalue weighted by Crippen LogP contribution is 2.28. The molecule has 2 atom stereocenters. The number of likely N-dealkylation sites (N-methyl/N-ethyl adjacent to an activating group) is 1. The van der Waals surface area contributed by atoms with Gasteiger partial charge in [0.1, 0.15) is 0 Å². The maximum atomic E-state index is 12.4. The first-order chi connectivity index (χ1) is 8.99. The molecule has 2 fully saturated rings. The summed E-state index contributed by atoms with van der Waals surface area (Å²) >= 11 is 0. The van der Waals surface area contributed by atoms with Gasteiger partial charge >= 0.3 is 0 Å². The predicted octanol–water partition coefficient (Wildman–Crippen LogP) is 0.596. The summed E-state index contributed by atoms with van der Waals surface area (Å²) in [6, 6.07) is 0.0549. The maximum absolute atomic E-state index is 12.4. The Bertz CT molecular complexity index is 351. The first-order valence-electron chi connectivity index (χ1n) is 7.25. The van der Waals surface area contributed by atoms with Gasteiger partial charge in [0.05, 0.1) is 12.5 Å². The summed E-state index contributed by atoms with van der Waals surface area (Å²) in [5.74, 6) is -0.00559.